The summed E-state index contributed by atoms with van der Waals surface area (Å²) in [6.07, 6.45) is 3.85. The van der Waals surface area contributed by atoms with Gasteiger partial charge in [-0.1, -0.05) is 11.3 Å². The number of anilines is 3. The molecular formula is C16H23N7S. The first-order valence-corrected chi connectivity index (χ1v) is 9.50. The predicted molar refractivity (Wildman–Crippen MR) is 97.2 cm³/mol. The molecule has 2 saturated heterocycles. The van der Waals surface area contributed by atoms with Crippen molar-refractivity contribution in [3.8, 4) is 0 Å². The standard InChI is InChI=1S/C16H23N7S/c1-13-17-20-16(24-13)23-11-9-22(10-12-23)15-6-5-14(18-19-15)21-7-3-2-4-8-21/h5-6H,2-4,7-12H2,1H3. The second kappa shape index (κ2) is 6.88. The highest BCUT2D eigenvalue weighted by Gasteiger charge is 2.21. The van der Waals surface area contributed by atoms with Crippen LogP contribution in [0.5, 0.6) is 0 Å². The van der Waals surface area contributed by atoms with E-state index in [1.807, 2.05) is 6.92 Å². The first-order chi connectivity index (χ1) is 11.8. The van der Waals surface area contributed by atoms with Gasteiger partial charge in [-0.2, -0.15) is 0 Å². The molecule has 2 aliphatic rings. The van der Waals surface area contributed by atoms with Crippen molar-refractivity contribution in [3.05, 3.63) is 17.1 Å². The van der Waals surface area contributed by atoms with Crippen molar-refractivity contribution in [2.45, 2.75) is 26.2 Å². The van der Waals surface area contributed by atoms with Gasteiger partial charge in [0.15, 0.2) is 11.6 Å². The van der Waals surface area contributed by atoms with E-state index in [1.165, 1.54) is 19.3 Å². The van der Waals surface area contributed by atoms with Gasteiger partial charge in [-0.05, 0) is 38.3 Å². The van der Waals surface area contributed by atoms with Gasteiger partial charge in [0.1, 0.15) is 5.01 Å². The van der Waals surface area contributed by atoms with Crippen LogP contribution < -0.4 is 14.7 Å². The first-order valence-electron chi connectivity index (χ1n) is 8.68. The molecule has 0 aliphatic carbocycles. The van der Waals surface area contributed by atoms with Crippen molar-refractivity contribution in [3.63, 3.8) is 0 Å². The highest BCUT2D eigenvalue weighted by atomic mass is 32.1. The Morgan fingerprint density at radius 3 is 1.83 bits per heavy atom. The summed E-state index contributed by atoms with van der Waals surface area (Å²) >= 11 is 1.66. The van der Waals surface area contributed by atoms with Gasteiger partial charge in [0, 0.05) is 39.3 Å². The SMILES string of the molecule is Cc1nnc(N2CCN(c3ccc(N4CCCCC4)nn3)CC2)s1. The molecule has 2 fully saturated rings. The van der Waals surface area contributed by atoms with E-state index in [4.69, 9.17) is 0 Å². The lowest BCUT2D eigenvalue weighted by atomic mass is 10.1. The Kier molecular flexibility index (Phi) is 4.46. The van der Waals surface area contributed by atoms with Gasteiger partial charge in [-0.3, -0.25) is 0 Å². The van der Waals surface area contributed by atoms with Crippen LogP contribution in [0.25, 0.3) is 0 Å². The van der Waals surface area contributed by atoms with E-state index in [9.17, 15) is 0 Å². The third kappa shape index (κ3) is 3.28. The average molecular weight is 345 g/mol. The summed E-state index contributed by atoms with van der Waals surface area (Å²) in [5.74, 6) is 1.99. The lowest BCUT2D eigenvalue weighted by Crippen LogP contribution is -2.47. The van der Waals surface area contributed by atoms with Crippen LogP contribution in [-0.4, -0.2) is 59.7 Å². The Hall–Kier alpha value is -1.96. The van der Waals surface area contributed by atoms with E-state index in [2.05, 4.69) is 47.2 Å². The minimum Gasteiger partial charge on any atom is -0.355 e. The van der Waals surface area contributed by atoms with Crippen molar-refractivity contribution in [2.24, 2.45) is 0 Å². The minimum absolute atomic E-state index is 0.941. The van der Waals surface area contributed by atoms with E-state index in [-0.39, 0.29) is 0 Å². The topological polar surface area (TPSA) is 61.3 Å². The van der Waals surface area contributed by atoms with Gasteiger partial charge < -0.3 is 14.7 Å². The van der Waals surface area contributed by atoms with Crippen LogP contribution in [0.3, 0.4) is 0 Å². The molecule has 0 bridgehead atoms. The molecule has 2 aromatic rings. The van der Waals surface area contributed by atoms with Crippen molar-refractivity contribution in [1.82, 2.24) is 20.4 Å². The molecule has 0 unspecified atom stereocenters. The zero-order valence-corrected chi connectivity index (χ0v) is 14.9. The molecule has 2 aromatic heterocycles. The molecule has 2 aliphatic heterocycles. The Bertz CT molecular complexity index is 657. The van der Waals surface area contributed by atoms with E-state index < -0.39 is 0 Å². The van der Waals surface area contributed by atoms with Crippen LogP contribution in [0.2, 0.25) is 0 Å². The Balaban J connectivity index is 1.37. The zero-order chi connectivity index (χ0) is 16.4. The molecule has 0 amide bonds. The number of nitrogens with zero attached hydrogens (tertiary/aromatic N) is 7. The Labute approximate surface area is 146 Å². The highest BCUT2D eigenvalue weighted by molar-refractivity contribution is 7.15. The minimum atomic E-state index is 0.941. The van der Waals surface area contributed by atoms with Gasteiger partial charge in [0.05, 0.1) is 0 Å². The molecule has 0 saturated carbocycles. The van der Waals surface area contributed by atoms with Crippen LogP contribution in [0.1, 0.15) is 24.3 Å². The number of piperazine rings is 1. The third-order valence-electron chi connectivity index (χ3n) is 4.71. The maximum Gasteiger partial charge on any atom is 0.208 e. The summed E-state index contributed by atoms with van der Waals surface area (Å²) < 4.78 is 0. The summed E-state index contributed by atoms with van der Waals surface area (Å²) in [4.78, 5) is 6.95. The Morgan fingerprint density at radius 1 is 0.708 bits per heavy atom. The fraction of sp³-hybridized carbons (Fsp3) is 0.625. The first kappa shape index (κ1) is 15.6. The van der Waals surface area contributed by atoms with Gasteiger partial charge >= 0.3 is 0 Å². The zero-order valence-electron chi connectivity index (χ0n) is 14.1. The molecule has 0 aromatic carbocycles. The normalized spacial score (nSPS) is 19.0. The predicted octanol–water partition coefficient (Wildman–Crippen LogP) is 1.95. The molecule has 0 spiro atoms. The largest absolute Gasteiger partial charge is 0.355 e. The lowest BCUT2D eigenvalue weighted by Gasteiger charge is -2.35. The third-order valence-corrected chi connectivity index (χ3v) is 5.61. The second-order valence-corrected chi connectivity index (χ2v) is 7.54. The molecule has 0 radical (unpaired) electrons. The molecule has 24 heavy (non-hydrogen) atoms. The number of rotatable bonds is 3. The van der Waals surface area contributed by atoms with Crippen LogP contribution >= 0.6 is 11.3 Å². The molecule has 0 N–H and O–H groups in total. The molecule has 4 rings (SSSR count). The molecule has 0 atom stereocenters. The van der Waals surface area contributed by atoms with Crippen LogP contribution in [-0.2, 0) is 0 Å². The van der Waals surface area contributed by atoms with Gasteiger partial charge in [0.2, 0.25) is 5.13 Å². The highest BCUT2D eigenvalue weighted by Crippen LogP contribution is 2.23. The van der Waals surface area contributed by atoms with Gasteiger partial charge in [-0.15, -0.1) is 20.4 Å². The number of piperidine rings is 1. The summed E-state index contributed by atoms with van der Waals surface area (Å²) in [6, 6.07) is 4.23. The molecular weight excluding hydrogens is 322 g/mol. The summed E-state index contributed by atoms with van der Waals surface area (Å²) in [5.41, 5.74) is 0. The Morgan fingerprint density at radius 2 is 1.29 bits per heavy atom. The molecule has 8 heteroatoms. The summed E-state index contributed by atoms with van der Waals surface area (Å²) in [7, 11) is 0. The number of hydrogen-bond donors (Lipinski definition) is 0. The number of hydrogen-bond acceptors (Lipinski definition) is 8. The van der Waals surface area contributed by atoms with Crippen molar-refractivity contribution < 1.29 is 0 Å². The maximum atomic E-state index is 4.47. The van der Waals surface area contributed by atoms with Crippen LogP contribution in [0.4, 0.5) is 16.8 Å². The van der Waals surface area contributed by atoms with Gasteiger partial charge in [-0.25, -0.2) is 0 Å². The fourth-order valence-corrected chi connectivity index (χ4v) is 4.06. The average Bonchev–Trinajstić information content (AvgIpc) is 3.09. The fourth-order valence-electron chi connectivity index (χ4n) is 3.32. The van der Waals surface area contributed by atoms with E-state index >= 15 is 0 Å². The van der Waals surface area contributed by atoms with E-state index in [1.54, 1.807) is 11.3 Å². The van der Waals surface area contributed by atoms with Crippen LogP contribution in [0.15, 0.2) is 12.1 Å². The maximum absolute atomic E-state index is 4.47. The second-order valence-electron chi connectivity index (χ2n) is 6.38. The number of aromatic nitrogens is 4. The molecule has 7 nitrogen and oxygen atoms in total. The van der Waals surface area contributed by atoms with Gasteiger partial charge in [0.25, 0.3) is 0 Å². The van der Waals surface area contributed by atoms with E-state index in [0.717, 1.165) is 61.0 Å². The van der Waals surface area contributed by atoms with Crippen LogP contribution in [0, 0.1) is 6.92 Å². The quantitative estimate of drug-likeness (QED) is 0.842. The lowest BCUT2D eigenvalue weighted by molar-refractivity contribution is 0.570. The molecule has 128 valence electrons. The monoisotopic (exact) mass is 345 g/mol. The number of aryl methyl sites for hydroxylation is 1. The van der Waals surface area contributed by atoms with Crippen molar-refractivity contribution in [1.29, 1.82) is 0 Å². The summed E-state index contributed by atoms with van der Waals surface area (Å²) in [5, 5.41) is 19.3. The van der Waals surface area contributed by atoms with Crippen molar-refractivity contribution >= 4 is 28.1 Å². The molecule has 4 heterocycles. The smallest absolute Gasteiger partial charge is 0.208 e. The van der Waals surface area contributed by atoms with E-state index in [0.29, 0.717) is 0 Å². The van der Waals surface area contributed by atoms with Crippen molar-refractivity contribution in [2.75, 3.05) is 54.0 Å². The summed E-state index contributed by atoms with van der Waals surface area (Å²) in [6.45, 7) is 7.99.